The zero-order valence-electron chi connectivity index (χ0n) is 6.40. The summed E-state index contributed by atoms with van der Waals surface area (Å²) in [6, 6.07) is 3.33. The molecule has 0 aliphatic carbocycles. The van der Waals surface area contributed by atoms with Gasteiger partial charge in [-0.25, -0.2) is 4.39 Å². The van der Waals surface area contributed by atoms with Crippen LogP contribution in [0.3, 0.4) is 0 Å². The molecule has 12 heavy (non-hydrogen) atoms. The first kappa shape index (κ1) is 9.99. The van der Waals surface area contributed by atoms with E-state index in [1.165, 1.54) is 0 Å². The van der Waals surface area contributed by atoms with Crippen molar-refractivity contribution < 1.29 is 9.13 Å². The van der Waals surface area contributed by atoms with Gasteiger partial charge in [-0.2, -0.15) is 0 Å². The highest BCUT2D eigenvalue weighted by Gasteiger charge is 2.09. The highest BCUT2D eigenvalue weighted by Crippen LogP contribution is 2.31. The Morgan fingerprint density at radius 1 is 1.42 bits per heavy atom. The molecular weight excluding hydrogens is 291 g/mol. The fourth-order valence-electron chi connectivity index (χ4n) is 0.775. The Balaban J connectivity index is 3.08. The highest BCUT2D eigenvalue weighted by molar-refractivity contribution is 9.13. The summed E-state index contributed by atoms with van der Waals surface area (Å²) >= 11 is 6.29. The molecule has 4 heteroatoms. The minimum atomic E-state index is -0.369. The van der Waals surface area contributed by atoms with Crippen LogP contribution in [0.5, 0.6) is 5.75 Å². The van der Waals surface area contributed by atoms with E-state index in [1.807, 2.05) is 6.92 Å². The maximum Gasteiger partial charge on any atom is 0.180 e. The van der Waals surface area contributed by atoms with Crippen LogP contribution in [0.4, 0.5) is 4.39 Å². The number of halogens is 3. The summed E-state index contributed by atoms with van der Waals surface area (Å²) in [7, 11) is 0. The molecule has 0 amide bonds. The molecule has 1 aromatic carbocycles. The molecule has 0 saturated heterocycles. The molecule has 1 rings (SSSR count). The SMILES string of the molecule is CCOc1ccc(Br)c(Br)c1F. The van der Waals surface area contributed by atoms with E-state index >= 15 is 0 Å². The van der Waals surface area contributed by atoms with E-state index < -0.39 is 0 Å². The molecule has 0 aliphatic rings. The van der Waals surface area contributed by atoms with Gasteiger partial charge in [-0.15, -0.1) is 0 Å². The highest BCUT2D eigenvalue weighted by atomic mass is 79.9. The second kappa shape index (κ2) is 4.23. The van der Waals surface area contributed by atoms with Crippen LogP contribution in [-0.4, -0.2) is 6.61 Å². The van der Waals surface area contributed by atoms with Gasteiger partial charge in [-0.1, -0.05) is 0 Å². The molecule has 1 nitrogen and oxygen atoms in total. The quantitative estimate of drug-likeness (QED) is 0.756. The Bertz CT molecular complexity index is 289. The van der Waals surface area contributed by atoms with E-state index in [2.05, 4.69) is 31.9 Å². The van der Waals surface area contributed by atoms with Crippen molar-refractivity contribution in [2.24, 2.45) is 0 Å². The van der Waals surface area contributed by atoms with Gasteiger partial charge in [-0.3, -0.25) is 0 Å². The number of ether oxygens (including phenoxy) is 1. The molecule has 0 aromatic heterocycles. The lowest BCUT2D eigenvalue weighted by atomic mass is 10.3. The molecule has 0 radical (unpaired) electrons. The molecule has 1 aromatic rings. The van der Waals surface area contributed by atoms with Crippen molar-refractivity contribution in [3.8, 4) is 5.75 Å². The fraction of sp³-hybridized carbons (Fsp3) is 0.250. The van der Waals surface area contributed by atoms with Crippen molar-refractivity contribution in [3.05, 3.63) is 26.9 Å². The van der Waals surface area contributed by atoms with E-state index in [9.17, 15) is 4.39 Å². The normalized spacial score (nSPS) is 10.0. The summed E-state index contributed by atoms with van der Waals surface area (Å²) in [5.74, 6) is -0.0983. The number of benzene rings is 1. The lowest BCUT2D eigenvalue weighted by Gasteiger charge is -2.06. The number of rotatable bonds is 2. The molecule has 0 heterocycles. The Morgan fingerprint density at radius 2 is 2.08 bits per heavy atom. The van der Waals surface area contributed by atoms with Crippen molar-refractivity contribution in [1.82, 2.24) is 0 Å². The predicted octanol–water partition coefficient (Wildman–Crippen LogP) is 3.75. The maximum atomic E-state index is 13.2. The van der Waals surface area contributed by atoms with Crippen LogP contribution >= 0.6 is 31.9 Å². The zero-order valence-corrected chi connectivity index (χ0v) is 9.58. The monoisotopic (exact) mass is 296 g/mol. The minimum Gasteiger partial charge on any atom is -0.491 e. The Labute approximate surface area is 87.2 Å². The zero-order chi connectivity index (χ0) is 9.14. The van der Waals surface area contributed by atoms with Crippen molar-refractivity contribution in [2.45, 2.75) is 6.92 Å². The van der Waals surface area contributed by atoms with Crippen molar-refractivity contribution in [3.63, 3.8) is 0 Å². The third-order valence-electron chi connectivity index (χ3n) is 1.30. The summed E-state index contributed by atoms with van der Waals surface area (Å²) < 4.78 is 19.4. The first-order valence-electron chi connectivity index (χ1n) is 3.43. The van der Waals surface area contributed by atoms with Gasteiger partial charge in [0.1, 0.15) is 0 Å². The van der Waals surface area contributed by atoms with Crippen LogP contribution in [0, 0.1) is 5.82 Å². The van der Waals surface area contributed by atoms with Gasteiger partial charge in [0.05, 0.1) is 11.1 Å². The Morgan fingerprint density at radius 3 is 2.67 bits per heavy atom. The molecule has 66 valence electrons. The molecule has 0 unspecified atom stereocenters. The van der Waals surface area contributed by atoms with Crippen molar-refractivity contribution >= 4 is 31.9 Å². The summed E-state index contributed by atoms with van der Waals surface area (Å²) in [4.78, 5) is 0. The molecule has 0 aliphatic heterocycles. The second-order valence-corrected chi connectivity index (χ2v) is 3.75. The molecule has 0 spiro atoms. The average Bonchev–Trinajstić information content (AvgIpc) is 2.07. The molecule has 0 bridgehead atoms. The van der Waals surface area contributed by atoms with Gasteiger partial charge < -0.3 is 4.74 Å². The van der Waals surface area contributed by atoms with Gasteiger partial charge in [0.2, 0.25) is 0 Å². The standard InChI is InChI=1S/C8H7Br2FO/c1-2-12-6-4-3-5(9)7(10)8(6)11/h3-4H,2H2,1H3. The molecule has 0 N–H and O–H groups in total. The van der Waals surface area contributed by atoms with E-state index in [4.69, 9.17) is 4.74 Å². The topological polar surface area (TPSA) is 9.23 Å². The third kappa shape index (κ3) is 1.98. The largest absolute Gasteiger partial charge is 0.491 e. The van der Waals surface area contributed by atoms with E-state index in [0.717, 1.165) is 0 Å². The molecule has 0 fully saturated rings. The minimum absolute atomic E-state index is 0.271. The molecular formula is C8H7Br2FO. The third-order valence-corrected chi connectivity index (χ3v) is 3.27. The van der Waals surface area contributed by atoms with Crippen LogP contribution in [0.15, 0.2) is 21.1 Å². The molecule has 0 saturated carbocycles. The Kier molecular flexibility index (Phi) is 3.53. The lowest BCUT2D eigenvalue weighted by Crippen LogP contribution is -1.95. The van der Waals surface area contributed by atoms with Crippen LogP contribution < -0.4 is 4.74 Å². The number of hydrogen-bond acceptors (Lipinski definition) is 1. The number of hydrogen-bond donors (Lipinski definition) is 0. The van der Waals surface area contributed by atoms with E-state index in [1.54, 1.807) is 12.1 Å². The Hall–Kier alpha value is -0.0900. The summed E-state index contributed by atoms with van der Waals surface area (Å²) in [5, 5.41) is 0. The van der Waals surface area contributed by atoms with Crippen LogP contribution in [-0.2, 0) is 0 Å². The first-order valence-corrected chi connectivity index (χ1v) is 5.01. The van der Waals surface area contributed by atoms with E-state index in [0.29, 0.717) is 15.6 Å². The van der Waals surface area contributed by atoms with E-state index in [-0.39, 0.29) is 11.6 Å². The van der Waals surface area contributed by atoms with Crippen LogP contribution in [0.1, 0.15) is 6.92 Å². The fourth-order valence-corrected chi connectivity index (χ4v) is 1.41. The van der Waals surface area contributed by atoms with Crippen molar-refractivity contribution in [1.29, 1.82) is 0 Å². The summed E-state index contributed by atoms with van der Waals surface area (Å²) in [6.45, 7) is 2.28. The lowest BCUT2D eigenvalue weighted by molar-refractivity contribution is 0.320. The smallest absolute Gasteiger partial charge is 0.180 e. The van der Waals surface area contributed by atoms with Gasteiger partial charge in [0.15, 0.2) is 11.6 Å². The van der Waals surface area contributed by atoms with Gasteiger partial charge >= 0.3 is 0 Å². The van der Waals surface area contributed by atoms with Gasteiger partial charge in [0, 0.05) is 4.47 Å². The second-order valence-electron chi connectivity index (χ2n) is 2.11. The first-order chi connectivity index (χ1) is 5.66. The van der Waals surface area contributed by atoms with Crippen LogP contribution in [0.2, 0.25) is 0 Å². The summed E-state index contributed by atoms with van der Waals surface area (Å²) in [6.07, 6.45) is 0. The predicted molar refractivity (Wildman–Crippen MR) is 53.0 cm³/mol. The van der Waals surface area contributed by atoms with Crippen molar-refractivity contribution in [2.75, 3.05) is 6.61 Å². The maximum absolute atomic E-state index is 13.2. The van der Waals surface area contributed by atoms with Gasteiger partial charge in [-0.05, 0) is 50.9 Å². The average molecular weight is 298 g/mol. The van der Waals surface area contributed by atoms with Gasteiger partial charge in [0.25, 0.3) is 0 Å². The molecule has 0 atom stereocenters. The summed E-state index contributed by atoms with van der Waals surface area (Å²) in [5.41, 5.74) is 0. The van der Waals surface area contributed by atoms with Crippen LogP contribution in [0.25, 0.3) is 0 Å².